The highest BCUT2D eigenvalue weighted by Crippen LogP contribution is 2.29. The second kappa shape index (κ2) is 5.07. The van der Waals surface area contributed by atoms with Crippen LogP contribution in [0.4, 0.5) is 5.69 Å². The lowest BCUT2D eigenvalue weighted by Crippen LogP contribution is -1.97. The molecule has 0 unspecified atom stereocenters. The molecule has 0 bridgehead atoms. The second-order valence-corrected chi connectivity index (χ2v) is 3.69. The minimum Gasteiger partial charge on any atom is -0.396 e. The summed E-state index contributed by atoms with van der Waals surface area (Å²) < 4.78 is 0.484. The van der Waals surface area contributed by atoms with E-state index < -0.39 is 4.92 Å². The maximum atomic E-state index is 10.7. The van der Waals surface area contributed by atoms with E-state index in [0.717, 1.165) is 0 Å². The standard InChI is InChI=1S/C9H10BrNO3/c10-8-5-1-3-7(4-2-6-12)9(8)11(13)14/h1,3,5,12H,2,4,6H2. The largest absolute Gasteiger partial charge is 0.396 e. The molecule has 0 heterocycles. The summed E-state index contributed by atoms with van der Waals surface area (Å²) in [5.41, 5.74) is 0.749. The Hall–Kier alpha value is -0.940. The Balaban J connectivity index is 3.02. The van der Waals surface area contributed by atoms with Crippen molar-refractivity contribution in [3.8, 4) is 0 Å². The molecule has 5 heteroatoms. The number of nitro groups is 1. The van der Waals surface area contributed by atoms with Crippen LogP contribution >= 0.6 is 15.9 Å². The number of rotatable bonds is 4. The molecule has 0 saturated carbocycles. The molecule has 0 aliphatic rings. The molecule has 14 heavy (non-hydrogen) atoms. The van der Waals surface area contributed by atoms with Crippen molar-refractivity contribution in [3.05, 3.63) is 38.3 Å². The number of para-hydroxylation sites is 1. The Morgan fingerprint density at radius 3 is 2.79 bits per heavy atom. The van der Waals surface area contributed by atoms with Gasteiger partial charge in [0.25, 0.3) is 5.69 Å². The van der Waals surface area contributed by atoms with Gasteiger partial charge in [-0.2, -0.15) is 0 Å². The first-order valence-corrected chi connectivity index (χ1v) is 4.98. The summed E-state index contributed by atoms with van der Waals surface area (Å²) in [6, 6.07) is 5.10. The summed E-state index contributed by atoms with van der Waals surface area (Å²) >= 11 is 3.14. The van der Waals surface area contributed by atoms with Gasteiger partial charge >= 0.3 is 0 Å². The van der Waals surface area contributed by atoms with Gasteiger partial charge in [0.15, 0.2) is 0 Å². The quantitative estimate of drug-likeness (QED) is 0.667. The monoisotopic (exact) mass is 259 g/mol. The van der Waals surface area contributed by atoms with Crippen LogP contribution in [0.1, 0.15) is 12.0 Å². The van der Waals surface area contributed by atoms with Crippen LogP contribution in [0.5, 0.6) is 0 Å². The maximum Gasteiger partial charge on any atom is 0.286 e. The van der Waals surface area contributed by atoms with Crippen molar-refractivity contribution in [2.24, 2.45) is 0 Å². The molecular formula is C9H10BrNO3. The van der Waals surface area contributed by atoms with E-state index in [0.29, 0.717) is 22.9 Å². The Morgan fingerprint density at radius 2 is 2.21 bits per heavy atom. The number of nitro benzene ring substituents is 1. The molecule has 4 nitrogen and oxygen atoms in total. The van der Waals surface area contributed by atoms with Gasteiger partial charge in [0.05, 0.1) is 9.40 Å². The van der Waals surface area contributed by atoms with E-state index >= 15 is 0 Å². The van der Waals surface area contributed by atoms with Crippen molar-refractivity contribution in [3.63, 3.8) is 0 Å². The van der Waals surface area contributed by atoms with Crippen LogP contribution in [0.15, 0.2) is 22.7 Å². The minimum atomic E-state index is -0.406. The lowest BCUT2D eigenvalue weighted by atomic mass is 10.1. The van der Waals surface area contributed by atoms with Gasteiger partial charge in [-0.25, -0.2) is 0 Å². The Bertz CT molecular complexity index is 341. The number of halogens is 1. The van der Waals surface area contributed by atoms with E-state index in [4.69, 9.17) is 5.11 Å². The zero-order chi connectivity index (χ0) is 10.6. The first-order chi connectivity index (χ1) is 6.66. The maximum absolute atomic E-state index is 10.7. The number of hydrogen-bond acceptors (Lipinski definition) is 3. The summed E-state index contributed by atoms with van der Waals surface area (Å²) in [5.74, 6) is 0. The fraction of sp³-hybridized carbons (Fsp3) is 0.333. The predicted molar refractivity (Wildman–Crippen MR) is 56.2 cm³/mol. The summed E-state index contributed by atoms with van der Waals surface area (Å²) in [4.78, 5) is 10.3. The van der Waals surface area contributed by atoms with Crippen LogP contribution in [-0.4, -0.2) is 16.6 Å². The van der Waals surface area contributed by atoms with Gasteiger partial charge in [-0.15, -0.1) is 0 Å². The van der Waals surface area contributed by atoms with Crippen molar-refractivity contribution in [2.75, 3.05) is 6.61 Å². The highest BCUT2D eigenvalue weighted by molar-refractivity contribution is 9.10. The van der Waals surface area contributed by atoms with Crippen LogP contribution in [-0.2, 0) is 6.42 Å². The van der Waals surface area contributed by atoms with Gasteiger partial charge in [-0.1, -0.05) is 12.1 Å². The number of aryl methyl sites for hydroxylation is 1. The average Bonchev–Trinajstić information content (AvgIpc) is 2.14. The summed E-state index contributed by atoms with van der Waals surface area (Å²) in [6.45, 7) is 0.0453. The van der Waals surface area contributed by atoms with Crippen molar-refractivity contribution in [1.29, 1.82) is 0 Å². The lowest BCUT2D eigenvalue weighted by Gasteiger charge is -2.02. The summed E-state index contributed by atoms with van der Waals surface area (Å²) in [5, 5.41) is 19.4. The highest BCUT2D eigenvalue weighted by atomic mass is 79.9. The molecule has 0 spiro atoms. The third kappa shape index (κ3) is 2.52. The number of benzene rings is 1. The number of aliphatic hydroxyl groups is 1. The Labute approximate surface area is 89.8 Å². The number of nitrogens with zero attached hydrogens (tertiary/aromatic N) is 1. The van der Waals surface area contributed by atoms with Crippen LogP contribution in [0.25, 0.3) is 0 Å². The molecule has 0 saturated heterocycles. The van der Waals surface area contributed by atoms with E-state index in [1.807, 2.05) is 0 Å². The third-order valence-electron chi connectivity index (χ3n) is 1.86. The third-order valence-corrected chi connectivity index (χ3v) is 2.50. The summed E-state index contributed by atoms with van der Waals surface area (Å²) in [6.07, 6.45) is 1.06. The van der Waals surface area contributed by atoms with Gasteiger partial charge in [-0.05, 0) is 34.8 Å². The summed E-state index contributed by atoms with van der Waals surface area (Å²) in [7, 11) is 0. The molecule has 1 aromatic carbocycles. The van der Waals surface area contributed by atoms with Crippen LogP contribution in [0.3, 0.4) is 0 Å². The van der Waals surface area contributed by atoms with Crippen LogP contribution in [0, 0.1) is 10.1 Å². The molecule has 1 N–H and O–H groups in total. The highest BCUT2D eigenvalue weighted by Gasteiger charge is 2.16. The number of aliphatic hydroxyl groups excluding tert-OH is 1. The van der Waals surface area contributed by atoms with Crippen molar-refractivity contribution in [2.45, 2.75) is 12.8 Å². The smallest absolute Gasteiger partial charge is 0.286 e. The molecule has 0 fully saturated rings. The molecule has 0 aliphatic heterocycles. The van der Waals surface area contributed by atoms with Gasteiger partial charge in [0, 0.05) is 12.2 Å². The van der Waals surface area contributed by atoms with E-state index in [2.05, 4.69) is 15.9 Å². The molecule has 1 aromatic rings. The lowest BCUT2D eigenvalue weighted by molar-refractivity contribution is -0.386. The molecule has 76 valence electrons. The zero-order valence-electron chi connectivity index (χ0n) is 7.44. The van der Waals surface area contributed by atoms with Crippen LogP contribution < -0.4 is 0 Å². The van der Waals surface area contributed by atoms with Crippen molar-refractivity contribution < 1.29 is 10.0 Å². The Kier molecular flexibility index (Phi) is 4.03. The molecular weight excluding hydrogens is 250 g/mol. The van der Waals surface area contributed by atoms with Gasteiger partial charge in [-0.3, -0.25) is 10.1 Å². The average molecular weight is 260 g/mol. The van der Waals surface area contributed by atoms with Crippen molar-refractivity contribution >= 4 is 21.6 Å². The fourth-order valence-electron chi connectivity index (χ4n) is 1.24. The fourth-order valence-corrected chi connectivity index (χ4v) is 1.79. The second-order valence-electron chi connectivity index (χ2n) is 2.83. The van der Waals surface area contributed by atoms with Gasteiger partial charge in [0.2, 0.25) is 0 Å². The molecule has 0 amide bonds. The molecule has 0 aliphatic carbocycles. The molecule has 0 aromatic heterocycles. The molecule has 0 radical (unpaired) electrons. The Morgan fingerprint density at radius 1 is 1.50 bits per heavy atom. The van der Waals surface area contributed by atoms with E-state index in [-0.39, 0.29) is 12.3 Å². The zero-order valence-corrected chi connectivity index (χ0v) is 9.03. The first kappa shape index (κ1) is 11.1. The van der Waals surface area contributed by atoms with E-state index in [1.54, 1.807) is 18.2 Å². The SMILES string of the molecule is O=[N+]([O-])c1c(Br)cccc1CCCO. The van der Waals surface area contributed by atoms with Gasteiger partial charge in [0.1, 0.15) is 0 Å². The first-order valence-electron chi connectivity index (χ1n) is 4.19. The predicted octanol–water partition coefficient (Wildman–Crippen LogP) is 2.28. The van der Waals surface area contributed by atoms with Crippen molar-refractivity contribution in [1.82, 2.24) is 0 Å². The molecule has 0 atom stereocenters. The number of hydrogen-bond donors (Lipinski definition) is 1. The van der Waals surface area contributed by atoms with E-state index in [9.17, 15) is 10.1 Å². The van der Waals surface area contributed by atoms with Crippen LogP contribution in [0.2, 0.25) is 0 Å². The minimum absolute atomic E-state index is 0.0453. The molecule has 1 rings (SSSR count). The van der Waals surface area contributed by atoms with E-state index in [1.165, 1.54) is 0 Å². The van der Waals surface area contributed by atoms with Gasteiger partial charge < -0.3 is 5.11 Å². The topological polar surface area (TPSA) is 63.4 Å². The normalized spacial score (nSPS) is 10.1.